The minimum Gasteiger partial charge on any atom is -0.350 e. The fourth-order valence-corrected chi connectivity index (χ4v) is 1.93. The number of carbonyl (C=O) groups excluding carboxylic acids is 2. The lowest BCUT2D eigenvalue weighted by molar-refractivity contribution is -0.130. The SMILES string of the molecule is CC(NC(=O)[C@H]1CCCCN1)C(=O)NC(C)(C)C.Cl. The van der Waals surface area contributed by atoms with Crippen molar-refractivity contribution in [2.24, 2.45) is 0 Å². The van der Waals surface area contributed by atoms with Crippen LogP contribution in [-0.2, 0) is 9.59 Å². The monoisotopic (exact) mass is 291 g/mol. The van der Waals surface area contributed by atoms with Crippen molar-refractivity contribution in [3.8, 4) is 0 Å². The maximum Gasteiger partial charge on any atom is 0.242 e. The van der Waals surface area contributed by atoms with Crippen LogP contribution in [0.25, 0.3) is 0 Å². The van der Waals surface area contributed by atoms with Gasteiger partial charge in [0.05, 0.1) is 6.04 Å². The van der Waals surface area contributed by atoms with Crippen molar-refractivity contribution in [1.82, 2.24) is 16.0 Å². The van der Waals surface area contributed by atoms with E-state index in [0.717, 1.165) is 25.8 Å². The zero-order valence-corrected chi connectivity index (χ0v) is 13.0. The lowest BCUT2D eigenvalue weighted by atomic mass is 10.0. The predicted molar refractivity (Wildman–Crippen MR) is 78.4 cm³/mol. The summed E-state index contributed by atoms with van der Waals surface area (Å²) < 4.78 is 0. The Morgan fingerprint density at radius 3 is 2.37 bits per heavy atom. The first-order valence-electron chi connectivity index (χ1n) is 6.65. The fraction of sp³-hybridized carbons (Fsp3) is 0.846. The molecule has 5 nitrogen and oxygen atoms in total. The molecule has 0 aliphatic carbocycles. The van der Waals surface area contributed by atoms with Crippen LogP contribution >= 0.6 is 12.4 Å². The average Bonchev–Trinajstić information content (AvgIpc) is 2.27. The summed E-state index contributed by atoms with van der Waals surface area (Å²) in [6, 6.07) is -0.649. The number of halogens is 1. The number of amides is 2. The van der Waals surface area contributed by atoms with Crippen LogP contribution in [-0.4, -0.2) is 36.0 Å². The first kappa shape index (κ1) is 18.2. The highest BCUT2D eigenvalue weighted by Gasteiger charge is 2.25. The summed E-state index contributed by atoms with van der Waals surface area (Å²) in [6.45, 7) is 8.34. The summed E-state index contributed by atoms with van der Waals surface area (Å²) in [5, 5.41) is 8.78. The Labute approximate surface area is 121 Å². The quantitative estimate of drug-likeness (QED) is 0.726. The third-order valence-electron chi connectivity index (χ3n) is 2.88. The van der Waals surface area contributed by atoms with Crippen LogP contribution in [0.15, 0.2) is 0 Å². The maximum absolute atomic E-state index is 11.9. The third-order valence-corrected chi connectivity index (χ3v) is 2.88. The highest BCUT2D eigenvalue weighted by molar-refractivity contribution is 5.89. The van der Waals surface area contributed by atoms with E-state index in [-0.39, 0.29) is 35.8 Å². The van der Waals surface area contributed by atoms with E-state index in [1.165, 1.54) is 0 Å². The topological polar surface area (TPSA) is 70.2 Å². The lowest BCUT2D eigenvalue weighted by Gasteiger charge is -2.26. The van der Waals surface area contributed by atoms with E-state index in [1.54, 1.807) is 6.92 Å². The van der Waals surface area contributed by atoms with E-state index in [4.69, 9.17) is 0 Å². The van der Waals surface area contributed by atoms with Crippen LogP contribution in [0.2, 0.25) is 0 Å². The highest BCUT2D eigenvalue weighted by Crippen LogP contribution is 2.07. The van der Waals surface area contributed by atoms with E-state index in [0.29, 0.717) is 0 Å². The largest absolute Gasteiger partial charge is 0.350 e. The average molecular weight is 292 g/mol. The molecule has 1 fully saturated rings. The van der Waals surface area contributed by atoms with Crippen molar-refractivity contribution in [3.63, 3.8) is 0 Å². The first-order chi connectivity index (χ1) is 8.29. The van der Waals surface area contributed by atoms with E-state index < -0.39 is 6.04 Å². The Morgan fingerprint density at radius 1 is 1.26 bits per heavy atom. The van der Waals surface area contributed by atoms with Gasteiger partial charge < -0.3 is 16.0 Å². The van der Waals surface area contributed by atoms with Gasteiger partial charge in [-0.2, -0.15) is 0 Å². The Morgan fingerprint density at radius 2 is 1.89 bits per heavy atom. The van der Waals surface area contributed by atoms with E-state index >= 15 is 0 Å². The molecule has 112 valence electrons. The summed E-state index contributed by atoms with van der Waals surface area (Å²) in [5.41, 5.74) is -0.279. The minimum atomic E-state index is -0.500. The van der Waals surface area contributed by atoms with Crippen molar-refractivity contribution in [1.29, 1.82) is 0 Å². The van der Waals surface area contributed by atoms with Crippen LogP contribution in [0.4, 0.5) is 0 Å². The number of hydrogen-bond acceptors (Lipinski definition) is 3. The normalized spacial score (nSPS) is 20.9. The van der Waals surface area contributed by atoms with Gasteiger partial charge in [0.15, 0.2) is 0 Å². The Hall–Kier alpha value is -0.810. The van der Waals surface area contributed by atoms with Gasteiger partial charge in [0.2, 0.25) is 11.8 Å². The molecule has 1 rings (SSSR count). The van der Waals surface area contributed by atoms with Crippen LogP contribution in [0.1, 0.15) is 47.0 Å². The number of piperidine rings is 1. The summed E-state index contributed by atoms with van der Waals surface area (Å²) in [6.07, 6.45) is 3.02. The molecule has 3 N–H and O–H groups in total. The van der Waals surface area contributed by atoms with Crippen molar-refractivity contribution in [2.45, 2.75) is 64.6 Å². The molecule has 0 radical (unpaired) electrons. The first-order valence-corrected chi connectivity index (χ1v) is 6.65. The van der Waals surface area contributed by atoms with Gasteiger partial charge in [-0.25, -0.2) is 0 Å². The number of nitrogens with one attached hydrogen (secondary N) is 3. The Balaban J connectivity index is 0.00000324. The molecule has 2 atom stereocenters. The van der Waals surface area contributed by atoms with Crippen molar-refractivity contribution >= 4 is 24.2 Å². The molecule has 19 heavy (non-hydrogen) atoms. The molecule has 0 aromatic heterocycles. The Bertz CT molecular complexity index is 310. The van der Waals surface area contributed by atoms with Gasteiger partial charge in [-0.05, 0) is 47.1 Å². The van der Waals surface area contributed by atoms with Gasteiger partial charge in [-0.15, -0.1) is 12.4 Å². The summed E-state index contributed by atoms with van der Waals surface area (Å²) in [7, 11) is 0. The molecule has 2 amide bonds. The van der Waals surface area contributed by atoms with Crippen LogP contribution in [0, 0.1) is 0 Å². The van der Waals surface area contributed by atoms with E-state index in [9.17, 15) is 9.59 Å². The Kier molecular flexibility index (Phi) is 7.37. The second kappa shape index (κ2) is 7.70. The number of hydrogen-bond donors (Lipinski definition) is 3. The van der Waals surface area contributed by atoms with Crippen molar-refractivity contribution in [3.05, 3.63) is 0 Å². The van der Waals surface area contributed by atoms with Crippen LogP contribution in [0.3, 0.4) is 0 Å². The van der Waals surface area contributed by atoms with Gasteiger partial charge in [0.25, 0.3) is 0 Å². The zero-order valence-electron chi connectivity index (χ0n) is 12.2. The molecule has 0 aromatic carbocycles. The van der Waals surface area contributed by atoms with E-state index in [1.807, 2.05) is 20.8 Å². The van der Waals surface area contributed by atoms with Gasteiger partial charge in [0, 0.05) is 5.54 Å². The predicted octanol–water partition coefficient (Wildman–Crippen LogP) is 0.970. The summed E-state index contributed by atoms with van der Waals surface area (Å²) in [5.74, 6) is -0.224. The van der Waals surface area contributed by atoms with Gasteiger partial charge in [0.1, 0.15) is 6.04 Å². The molecular weight excluding hydrogens is 266 g/mol. The zero-order chi connectivity index (χ0) is 13.8. The van der Waals surface area contributed by atoms with Crippen molar-refractivity contribution in [2.75, 3.05) is 6.54 Å². The maximum atomic E-state index is 11.9. The molecule has 0 spiro atoms. The van der Waals surface area contributed by atoms with Gasteiger partial charge in [-0.1, -0.05) is 6.42 Å². The molecule has 1 unspecified atom stereocenters. The smallest absolute Gasteiger partial charge is 0.242 e. The van der Waals surface area contributed by atoms with Gasteiger partial charge >= 0.3 is 0 Å². The molecule has 1 saturated heterocycles. The lowest BCUT2D eigenvalue weighted by Crippen LogP contribution is -2.55. The molecule has 1 aliphatic heterocycles. The summed E-state index contributed by atoms with van der Waals surface area (Å²) >= 11 is 0. The van der Waals surface area contributed by atoms with Crippen LogP contribution in [0.5, 0.6) is 0 Å². The number of rotatable bonds is 3. The molecular formula is C13H26ClN3O2. The van der Waals surface area contributed by atoms with E-state index in [2.05, 4.69) is 16.0 Å². The third kappa shape index (κ3) is 6.78. The van der Waals surface area contributed by atoms with Gasteiger partial charge in [-0.3, -0.25) is 9.59 Å². The molecule has 0 saturated carbocycles. The van der Waals surface area contributed by atoms with Crippen molar-refractivity contribution < 1.29 is 9.59 Å². The second-order valence-electron chi connectivity index (χ2n) is 5.97. The standard InChI is InChI=1S/C13H25N3O2.ClH/c1-9(11(17)16-13(2,3)4)15-12(18)10-7-5-6-8-14-10;/h9-10,14H,5-8H2,1-4H3,(H,15,18)(H,16,17);1H/t9?,10-;/m1./s1. The highest BCUT2D eigenvalue weighted by atomic mass is 35.5. The molecule has 1 heterocycles. The molecule has 1 aliphatic rings. The molecule has 6 heteroatoms. The fourth-order valence-electron chi connectivity index (χ4n) is 1.93. The molecule has 0 aromatic rings. The molecule has 0 bridgehead atoms. The van der Waals surface area contributed by atoms with Crippen LogP contribution < -0.4 is 16.0 Å². The summed E-state index contributed by atoms with van der Waals surface area (Å²) in [4.78, 5) is 23.8. The second-order valence-corrected chi connectivity index (χ2v) is 5.97. The number of carbonyl (C=O) groups is 2. The minimum absolute atomic E-state index is 0.